The molecule has 98 valence electrons. The van der Waals surface area contributed by atoms with Crippen molar-refractivity contribution >= 4 is 23.1 Å². The lowest BCUT2D eigenvalue weighted by atomic mass is 10.2. The molecule has 0 atom stereocenters. The zero-order chi connectivity index (χ0) is 13.8. The van der Waals surface area contributed by atoms with Crippen molar-refractivity contribution in [2.24, 2.45) is 0 Å². The molecule has 0 amide bonds. The zero-order valence-corrected chi connectivity index (χ0v) is 10.9. The Hall–Kier alpha value is -2.21. The number of carbonyl (C=O) groups excluding carboxylic acids is 2. The molecule has 0 radical (unpaired) electrons. The Labute approximate surface area is 113 Å². The Morgan fingerprint density at radius 3 is 2.84 bits per heavy atom. The van der Waals surface area contributed by atoms with Gasteiger partial charge in [-0.3, -0.25) is 4.79 Å². The summed E-state index contributed by atoms with van der Waals surface area (Å²) in [7, 11) is 0. The number of benzene rings is 1. The van der Waals surface area contributed by atoms with Crippen LogP contribution in [0.15, 0.2) is 29.6 Å². The van der Waals surface area contributed by atoms with Crippen LogP contribution >= 0.6 is 11.3 Å². The van der Waals surface area contributed by atoms with E-state index in [1.807, 2.05) is 25.1 Å². The highest BCUT2D eigenvalue weighted by Crippen LogP contribution is 2.14. The summed E-state index contributed by atoms with van der Waals surface area (Å²) in [6.45, 7) is 1.74. The van der Waals surface area contributed by atoms with Crippen LogP contribution in [0.1, 0.15) is 25.9 Å². The van der Waals surface area contributed by atoms with Gasteiger partial charge in [0.1, 0.15) is 5.75 Å². The van der Waals surface area contributed by atoms with Gasteiger partial charge in [0.25, 0.3) is 0 Å². The number of carboxylic acid groups (broad SMARTS) is 1. The summed E-state index contributed by atoms with van der Waals surface area (Å²) in [5, 5.41) is 11.9. The van der Waals surface area contributed by atoms with E-state index >= 15 is 0 Å². The van der Waals surface area contributed by atoms with E-state index in [0.717, 1.165) is 16.9 Å². The van der Waals surface area contributed by atoms with E-state index in [0.29, 0.717) is 5.75 Å². The monoisotopic (exact) mass is 276 g/mol. The lowest BCUT2D eigenvalue weighted by Crippen LogP contribution is -2.23. The number of ketones is 1. The third kappa shape index (κ3) is 3.38. The molecule has 2 aromatic rings. The topological polar surface area (TPSA) is 79.3 Å². The minimum atomic E-state index is -1.39. The van der Waals surface area contributed by atoms with Crippen molar-refractivity contribution in [2.45, 2.75) is 6.92 Å². The summed E-state index contributed by atoms with van der Waals surface area (Å²) in [6, 6.07) is 7.30. The van der Waals surface area contributed by atoms with Crippen LogP contribution in [0.25, 0.3) is 0 Å². The molecule has 0 aliphatic heterocycles. The third-order valence-electron chi connectivity index (χ3n) is 2.31. The number of hydrogen-bond acceptors (Lipinski definition) is 6. The molecule has 0 aliphatic carbocycles. The molecule has 1 aromatic heterocycles. The summed E-state index contributed by atoms with van der Waals surface area (Å²) in [6.07, 6.45) is 0. The molecule has 0 bridgehead atoms. The Kier molecular flexibility index (Phi) is 3.91. The first-order valence-corrected chi connectivity index (χ1v) is 6.34. The second kappa shape index (κ2) is 5.62. The van der Waals surface area contributed by atoms with E-state index in [1.165, 1.54) is 5.38 Å². The molecule has 1 heterocycles. The van der Waals surface area contributed by atoms with Gasteiger partial charge in [-0.05, 0) is 24.6 Å². The second-order valence-electron chi connectivity index (χ2n) is 3.85. The molecule has 0 fully saturated rings. The average Bonchev–Trinajstić information content (AvgIpc) is 2.86. The van der Waals surface area contributed by atoms with Gasteiger partial charge in [0.05, 0.1) is 11.7 Å². The van der Waals surface area contributed by atoms with Crippen molar-refractivity contribution in [1.29, 1.82) is 0 Å². The average molecular weight is 276 g/mol. The van der Waals surface area contributed by atoms with Crippen molar-refractivity contribution in [1.82, 2.24) is 4.98 Å². The maximum Gasteiger partial charge on any atom is 0.228 e. The predicted octanol–water partition coefficient (Wildman–Crippen LogP) is 1.08. The third-order valence-corrected chi connectivity index (χ3v) is 3.19. The van der Waals surface area contributed by atoms with Crippen LogP contribution < -0.4 is 9.84 Å². The molecule has 0 spiro atoms. The molecule has 2 rings (SSSR count). The van der Waals surface area contributed by atoms with E-state index in [1.54, 1.807) is 6.07 Å². The second-order valence-corrected chi connectivity index (χ2v) is 4.71. The number of carbonyl (C=O) groups is 2. The number of hydrogen-bond donors (Lipinski definition) is 0. The number of aromatic carboxylic acids is 1. The fourth-order valence-electron chi connectivity index (χ4n) is 1.41. The molecule has 0 N–H and O–H groups in total. The lowest BCUT2D eigenvalue weighted by molar-refractivity contribution is -0.255. The number of aryl methyl sites for hydroxylation is 1. The Morgan fingerprint density at radius 1 is 1.42 bits per heavy atom. The minimum Gasteiger partial charge on any atom is -0.543 e. The molecular formula is C13H10NO4S-. The molecule has 6 heteroatoms. The van der Waals surface area contributed by atoms with Crippen LogP contribution in [0.3, 0.4) is 0 Å². The van der Waals surface area contributed by atoms with Crippen LogP contribution in [0, 0.1) is 6.92 Å². The normalized spacial score (nSPS) is 10.2. The highest BCUT2D eigenvalue weighted by molar-refractivity contribution is 7.11. The summed E-state index contributed by atoms with van der Waals surface area (Å²) < 4.78 is 5.33. The van der Waals surface area contributed by atoms with Gasteiger partial charge in [-0.15, -0.1) is 11.3 Å². The van der Waals surface area contributed by atoms with Gasteiger partial charge >= 0.3 is 0 Å². The zero-order valence-electron chi connectivity index (χ0n) is 10.1. The van der Waals surface area contributed by atoms with E-state index < -0.39 is 5.97 Å². The van der Waals surface area contributed by atoms with Crippen LogP contribution in [0.5, 0.6) is 5.75 Å². The largest absolute Gasteiger partial charge is 0.543 e. The smallest absolute Gasteiger partial charge is 0.228 e. The highest BCUT2D eigenvalue weighted by atomic mass is 32.1. The van der Waals surface area contributed by atoms with Gasteiger partial charge < -0.3 is 14.6 Å². The predicted molar refractivity (Wildman–Crippen MR) is 67.4 cm³/mol. The molecule has 0 aliphatic rings. The summed E-state index contributed by atoms with van der Waals surface area (Å²) in [5.41, 5.74) is 0.794. The molecule has 19 heavy (non-hydrogen) atoms. The first-order chi connectivity index (χ1) is 9.06. The number of ether oxygens (including phenoxy) is 1. The van der Waals surface area contributed by atoms with Gasteiger partial charge in [-0.1, -0.05) is 12.1 Å². The maximum absolute atomic E-state index is 11.7. The number of nitrogens with zero attached hydrogens (tertiary/aromatic N) is 1. The van der Waals surface area contributed by atoms with E-state index in [4.69, 9.17) is 4.74 Å². The van der Waals surface area contributed by atoms with Crippen molar-refractivity contribution in [3.8, 4) is 5.75 Å². The molecule has 0 saturated carbocycles. The summed E-state index contributed by atoms with van der Waals surface area (Å²) >= 11 is 0.963. The van der Waals surface area contributed by atoms with Gasteiger partial charge in [0.15, 0.2) is 11.6 Å². The Morgan fingerprint density at radius 2 is 2.21 bits per heavy atom. The van der Waals surface area contributed by atoms with Gasteiger partial charge in [0.2, 0.25) is 5.78 Å². The van der Waals surface area contributed by atoms with E-state index in [-0.39, 0.29) is 23.1 Å². The van der Waals surface area contributed by atoms with Crippen LogP contribution in [-0.2, 0) is 0 Å². The molecular weight excluding hydrogens is 266 g/mol. The SMILES string of the molecule is Cc1cccc(OCC(=O)c2nc(C(=O)[O-])cs2)c1. The van der Waals surface area contributed by atoms with Crippen molar-refractivity contribution in [3.05, 3.63) is 45.9 Å². The number of Topliss-reactive ketones (excluding diaryl/α,β-unsaturated/α-hetero) is 1. The van der Waals surface area contributed by atoms with E-state index in [9.17, 15) is 14.7 Å². The molecule has 0 saturated heterocycles. The summed E-state index contributed by atoms with van der Waals surface area (Å²) in [5.74, 6) is -1.17. The van der Waals surface area contributed by atoms with Crippen LogP contribution in [-0.4, -0.2) is 23.3 Å². The standard InChI is InChI=1S/C13H11NO4S/c1-8-3-2-4-9(5-8)18-6-11(15)12-14-10(7-19-12)13(16)17/h2-5,7H,6H2,1H3,(H,16,17)/p-1. The number of rotatable bonds is 5. The number of thiazole rings is 1. The first kappa shape index (κ1) is 13.2. The van der Waals surface area contributed by atoms with Crippen molar-refractivity contribution in [3.63, 3.8) is 0 Å². The fourth-order valence-corrected chi connectivity index (χ4v) is 2.12. The van der Waals surface area contributed by atoms with Gasteiger partial charge in [0, 0.05) is 5.38 Å². The van der Waals surface area contributed by atoms with Gasteiger partial charge in [-0.2, -0.15) is 0 Å². The van der Waals surface area contributed by atoms with Gasteiger partial charge in [-0.25, -0.2) is 4.98 Å². The molecule has 0 unspecified atom stereocenters. The van der Waals surface area contributed by atoms with Crippen LogP contribution in [0.4, 0.5) is 0 Å². The first-order valence-electron chi connectivity index (χ1n) is 5.46. The highest BCUT2D eigenvalue weighted by Gasteiger charge is 2.12. The fraction of sp³-hybridized carbons (Fsp3) is 0.154. The van der Waals surface area contributed by atoms with E-state index in [2.05, 4.69) is 4.98 Å². The van der Waals surface area contributed by atoms with Crippen LogP contribution in [0.2, 0.25) is 0 Å². The lowest BCUT2D eigenvalue weighted by Gasteiger charge is -2.04. The quantitative estimate of drug-likeness (QED) is 0.763. The number of aromatic nitrogens is 1. The Bertz CT molecular complexity index is 621. The van der Waals surface area contributed by atoms with Crippen molar-refractivity contribution in [2.75, 3.05) is 6.61 Å². The minimum absolute atomic E-state index is 0.104. The van der Waals surface area contributed by atoms with Crippen molar-refractivity contribution < 1.29 is 19.4 Å². The Balaban J connectivity index is 1.99. The molecule has 5 nitrogen and oxygen atoms in total. The molecule has 1 aromatic carbocycles. The summed E-state index contributed by atoms with van der Waals surface area (Å²) in [4.78, 5) is 26.0. The number of carboxylic acids is 1. The maximum atomic E-state index is 11.7.